The third kappa shape index (κ3) is 4.01. The number of hydrogen-bond acceptors (Lipinski definition) is 4. The molecule has 0 aliphatic carbocycles. The van der Waals surface area contributed by atoms with E-state index in [-0.39, 0.29) is 16.2 Å². The van der Waals surface area contributed by atoms with Gasteiger partial charge in [0.1, 0.15) is 5.75 Å². The van der Waals surface area contributed by atoms with Crippen molar-refractivity contribution >= 4 is 33.2 Å². The van der Waals surface area contributed by atoms with Crippen molar-refractivity contribution in [3.63, 3.8) is 0 Å². The molecule has 0 atom stereocenters. The predicted molar refractivity (Wildman–Crippen MR) is 88.5 cm³/mol. The molecule has 0 aliphatic rings. The quantitative estimate of drug-likeness (QED) is 0.881. The summed E-state index contributed by atoms with van der Waals surface area (Å²) in [5, 5.41) is 8.25. The molecule has 0 aliphatic heterocycles. The van der Waals surface area contributed by atoms with Gasteiger partial charge < -0.3 is 10.1 Å². The van der Waals surface area contributed by atoms with Crippen molar-refractivity contribution in [2.75, 3.05) is 12.4 Å². The summed E-state index contributed by atoms with van der Waals surface area (Å²) < 4.78 is 28.0. The van der Waals surface area contributed by atoms with Crippen LogP contribution in [0.3, 0.4) is 0 Å². The molecule has 0 bridgehead atoms. The lowest BCUT2D eigenvalue weighted by Gasteiger charge is -2.12. The first-order chi connectivity index (χ1) is 10.7. The van der Waals surface area contributed by atoms with Gasteiger partial charge in [-0.15, -0.1) is 0 Å². The number of methoxy groups -OCH3 is 1. The highest BCUT2D eigenvalue weighted by Gasteiger charge is 2.18. The Morgan fingerprint density at radius 3 is 2.52 bits per heavy atom. The molecule has 0 aromatic heterocycles. The minimum Gasteiger partial charge on any atom is -0.496 e. The Balaban J connectivity index is 2.43. The van der Waals surface area contributed by atoms with Crippen LogP contribution in [0.1, 0.15) is 15.9 Å². The minimum atomic E-state index is -3.93. The first-order valence-electron chi connectivity index (χ1n) is 6.50. The van der Waals surface area contributed by atoms with Gasteiger partial charge in [-0.3, -0.25) is 4.79 Å². The molecule has 0 unspecified atom stereocenters. The fraction of sp³-hybridized carbons (Fsp3) is 0.133. The number of primary sulfonamides is 1. The van der Waals surface area contributed by atoms with E-state index in [0.717, 1.165) is 5.56 Å². The van der Waals surface area contributed by atoms with Gasteiger partial charge in [0.25, 0.3) is 5.91 Å². The maximum atomic E-state index is 12.5. The van der Waals surface area contributed by atoms with Crippen LogP contribution in [0.15, 0.2) is 41.3 Å². The van der Waals surface area contributed by atoms with E-state index < -0.39 is 15.9 Å². The van der Waals surface area contributed by atoms with E-state index in [1.165, 1.54) is 25.3 Å². The van der Waals surface area contributed by atoms with E-state index in [4.69, 9.17) is 21.5 Å². The lowest BCUT2D eigenvalue weighted by atomic mass is 10.1. The Labute approximate surface area is 139 Å². The number of halogens is 1. The van der Waals surface area contributed by atoms with Crippen LogP contribution in [0, 0.1) is 6.92 Å². The van der Waals surface area contributed by atoms with E-state index in [1.54, 1.807) is 18.2 Å². The van der Waals surface area contributed by atoms with Crippen molar-refractivity contribution < 1.29 is 17.9 Å². The fourth-order valence-electron chi connectivity index (χ4n) is 1.96. The molecule has 2 aromatic rings. The zero-order valence-corrected chi connectivity index (χ0v) is 14.0. The Hall–Kier alpha value is -2.09. The SMILES string of the molecule is COc1ccc(S(N)(=O)=O)cc1C(=O)Nc1cc(Cl)ccc1C. The molecule has 2 aromatic carbocycles. The van der Waals surface area contributed by atoms with E-state index in [0.29, 0.717) is 10.7 Å². The van der Waals surface area contributed by atoms with Gasteiger partial charge in [0.15, 0.2) is 0 Å². The van der Waals surface area contributed by atoms with Gasteiger partial charge in [-0.25, -0.2) is 13.6 Å². The van der Waals surface area contributed by atoms with Crippen LogP contribution in [-0.4, -0.2) is 21.4 Å². The molecule has 2 rings (SSSR count). The number of aryl methyl sites for hydroxylation is 1. The van der Waals surface area contributed by atoms with Gasteiger partial charge in [-0.1, -0.05) is 17.7 Å². The number of carbonyl (C=O) groups is 1. The lowest BCUT2D eigenvalue weighted by Crippen LogP contribution is -2.17. The summed E-state index contributed by atoms with van der Waals surface area (Å²) in [4.78, 5) is 12.3. The third-order valence-electron chi connectivity index (χ3n) is 3.19. The molecule has 6 nitrogen and oxygen atoms in total. The largest absolute Gasteiger partial charge is 0.496 e. The Morgan fingerprint density at radius 1 is 1.22 bits per heavy atom. The average molecular weight is 355 g/mol. The molecule has 122 valence electrons. The summed E-state index contributed by atoms with van der Waals surface area (Å²) in [5.74, 6) is -0.299. The number of hydrogen-bond donors (Lipinski definition) is 2. The predicted octanol–water partition coefficient (Wildman–Crippen LogP) is 2.56. The van der Waals surface area contributed by atoms with Crippen LogP contribution in [0.4, 0.5) is 5.69 Å². The molecule has 0 heterocycles. The topological polar surface area (TPSA) is 98.5 Å². The summed E-state index contributed by atoms with van der Waals surface area (Å²) in [6.07, 6.45) is 0. The molecule has 0 saturated carbocycles. The number of sulfonamides is 1. The number of benzene rings is 2. The van der Waals surface area contributed by atoms with Crippen LogP contribution >= 0.6 is 11.6 Å². The number of carbonyl (C=O) groups excluding carboxylic acids is 1. The normalized spacial score (nSPS) is 11.1. The summed E-state index contributed by atoms with van der Waals surface area (Å²) in [5.41, 5.74) is 1.38. The third-order valence-corrected chi connectivity index (χ3v) is 4.34. The smallest absolute Gasteiger partial charge is 0.259 e. The zero-order valence-electron chi connectivity index (χ0n) is 12.5. The van der Waals surface area contributed by atoms with Gasteiger partial charge in [0, 0.05) is 10.7 Å². The Bertz CT molecular complexity index is 866. The second-order valence-electron chi connectivity index (χ2n) is 4.82. The Kier molecular flexibility index (Phi) is 4.93. The second-order valence-corrected chi connectivity index (χ2v) is 6.82. The van der Waals surface area contributed by atoms with Crippen molar-refractivity contribution in [1.29, 1.82) is 0 Å². The molecule has 8 heteroatoms. The molecule has 0 spiro atoms. The van der Waals surface area contributed by atoms with Crippen molar-refractivity contribution in [3.8, 4) is 5.75 Å². The molecule has 0 fully saturated rings. The molecular weight excluding hydrogens is 340 g/mol. The van der Waals surface area contributed by atoms with E-state index in [9.17, 15) is 13.2 Å². The van der Waals surface area contributed by atoms with Gasteiger partial charge in [0.05, 0.1) is 17.6 Å². The monoisotopic (exact) mass is 354 g/mol. The van der Waals surface area contributed by atoms with Gasteiger partial charge in [0.2, 0.25) is 10.0 Å². The van der Waals surface area contributed by atoms with Crippen LogP contribution in [0.5, 0.6) is 5.75 Å². The maximum absolute atomic E-state index is 12.5. The first kappa shape index (κ1) is 17.3. The van der Waals surface area contributed by atoms with Crippen LogP contribution in [0.2, 0.25) is 5.02 Å². The Morgan fingerprint density at radius 2 is 1.91 bits per heavy atom. The number of anilines is 1. The highest BCUT2D eigenvalue weighted by molar-refractivity contribution is 7.89. The summed E-state index contributed by atoms with van der Waals surface area (Å²) in [6, 6.07) is 8.88. The van der Waals surface area contributed by atoms with Gasteiger partial charge in [-0.05, 0) is 42.8 Å². The second kappa shape index (κ2) is 6.57. The molecule has 23 heavy (non-hydrogen) atoms. The van der Waals surface area contributed by atoms with Crippen molar-refractivity contribution in [2.24, 2.45) is 5.14 Å². The summed E-state index contributed by atoms with van der Waals surface area (Å²) in [6.45, 7) is 1.81. The average Bonchev–Trinajstić information content (AvgIpc) is 2.49. The molecule has 0 saturated heterocycles. The first-order valence-corrected chi connectivity index (χ1v) is 8.43. The van der Waals surface area contributed by atoms with Crippen LogP contribution in [0.25, 0.3) is 0 Å². The number of rotatable bonds is 4. The summed E-state index contributed by atoms with van der Waals surface area (Å²) >= 11 is 5.92. The van der Waals surface area contributed by atoms with Gasteiger partial charge in [-0.2, -0.15) is 0 Å². The van der Waals surface area contributed by atoms with E-state index >= 15 is 0 Å². The van der Waals surface area contributed by atoms with Gasteiger partial charge >= 0.3 is 0 Å². The fourth-order valence-corrected chi connectivity index (χ4v) is 2.67. The zero-order chi connectivity index (χ0) is 17.2. The molecule has 1 amide bonds. The summed E-state index contributed by atoms with van der Waals surface area (Å²) in [7, 11) is -2.55. The molecule has 0 radical (unpaired) electrons. The minimum absolute atomic E-state index is 0.0541. The van der Waals surface area contributed by atoms with Crippen LogP contribution < -0.4 is 15.2 Å². The van der Waals surface area contributed by atoms with Crippen molar-refractivity contribution in [3.05, 3.63) is 52.5 Å². The van der Waals surface area contributed by atoms with Crippen LogP contribution in [-0.2, 0) is 10.0 Å². The highest BCUT2D eigenvalue weighted by Crippen LogP contribution is 2.25. The van der Waals surface area contributed by atoms with Crippen molar-refractivity contribution in [1.82, 2.24) is 0 Å². The van der Waals surface area contributed by atoms with E-state index in [2.05, 4.69) is 5.32 Å². The standard InChI is InChI=1S/C15H15ClN2O4S/c1-9-3-4-10(16)7-13(9)18-15(19)12-8-11(23(17,20)21)5-6-14(12)22-2/h3-8H,1-2H3,(H,18,19)(H2,17,20,21). The number of amides is 1. The molecule has 3 N–H and O–H groups in total. The molecular formula is C15H15ClN2O4S. The highest BCUT2D eigenvalue weighted by atomic mass is 35.5. The maximum Gasteiger partial charge on any atom is 0.259 e. The lowest BCUT2D eigenvalue weighted by molar-refractivity contribution is 0.102. The number of nitrogens with two attached hydrogens (primary N) is 1. The van der Waals surface area contributed by atoms with Crippen molar-refractivity contribution in [2.45, 2.75) is 11.8 Å². The van der Waals surface area contributed by atoms with E-state index in [1.807, 2.05) is 6.92 Å². The number of ether oxygens (including phenoxy) is 1. The number of nitrogens with one attached hydrogen (secondary N) is 1.